The van der Waals surface area contributed by atoms with Gasteiger partial charge in [0.05, 0.1) is 11.8 Å². The predicted molar refractivity (Wildman–Crippen MR) is 110 cm³/mol. The zero-order chi connectivity index (χ0) is 17.8. The maximum Gasteiger partial charge on any atom is 0.257 e. The minimum Gasteiger partial charge on any atom is -0.491 e. The number of ether oxygens (including phenoxy) is 1. The standard InChI is InChI=1S/C19H17IN2O2S/c1-12(2)24-16-9-5-14(6-10-16)18(23)22-19-21-17(11-25-19)13-3-7-15(20)8-4-13/h3-12H,1-2H3,(H,21,22,23). The predicted octanol–water partition coefficient (Wildman–Crippen LogP) is 5.45. The van der Waals surface area contributed by atoms with Gasteiger partial charge in [-0.05, 0) is 72.8 Å². The molecule has 0 aliphatic carbocycles. The third kappa shape index (κ3) is 4.79. The molecule has 2 aromatic carbocycles. The molecule has 0 aliphatic heterocycles. The smallest absolute Gasteiger partial charge is 0.257 e. The number of hydrogen-bond donors (Lipinski definition) is 1. The number of rotatable bonds is 5. The molecule has 3 rings (SSSR count). The first-order valence-electron chi connectivity index (χ1n) is 7.81. The molecule has 1 amide bonds. The number of nitrogens with one attached hydrogen (secondary N) is 1. The van der Waals surface area contributed by atoms with E-state index in [1.54, 1.807) is 24.3 Å². The second-order valence-electron chi connectivity index (χ2n) is 5.69. The summed E-state index contributed by atoms with van der Waals surface area (Å²) in [5, 5.41) is 5.37. The van der Waals surface area contributed by atoms with Crippen molar-refractivity contribution < 1.29 is 9.53 Å². The Morgan fingerprint density at radius 3 is 2.44 bits per heavy atom. The Balaban J connectivity index is 1.68. The van der Waals surface area contributed by atoms with Gasteiger partial charge in [0.1, 0.15) is 5.75 Å². The summed E-state index contributed by atoms with van der Waals surface area (Å²) in [4.78, 5) is 16.8. The van der Waals surface area contributed by atoms with Gasteiger partial charge in [0.25, 0.3) is 5.91 Å². The van der Waals surface area contributed by atoms with Crippen LogP contribution in [0.25, 0.3) is 11.3 Å². The van der Waals surface area contributed by atoms with Crippen LogP contribution in [-0.2, 0) is 0 Å². The normalized spacial score (nSPS) is 10.7. The third-order valence-electron chi connectivity index (χ3n) is 3.35. The maximum atomic E-state index is 12.4. The summed E-state index contributed by atoms with van der Waals surface area (Å²) < 4.78 is 6.76. The van der Waals surface area contributed by atoms with Crippen molar-refractivity contribution in [2.24, 2.45) is 0 Å². The summed E-state index contributed by atoms with van der Waals surface area (Å²) >= 11 is 3.68. The zero-order valence-electron chi connectivity index (χ0n) is 13.8. The topological polar surface area (TPSA) is 51.2 Å². The molecular weight excluding hydrogens is 447 g/mol. The van der Waals surface area contributed by atoms with E-state index in [1.165, 1.54) is 14.9 Å². The highest BCUT2D eigenvalue weighted by Gasteiger charge is 2.10. The zero-order valence-corrected chi connectivity index (χ0v) is 16.8. The van der Waals surface area contributed by atoms with E-state index in [1.807, 2.05) is 43.5 Å². The van der Waals surface area contributed by atoms with Crippen LogP contribution in [0.2, 0.25) is 0 Å². The number of aromatic nitrogens is 1. The highest BCUT2D eigenvalue weighted by Crippen LogP contribution is 2.26. The molecule has 0 saturated heterocycles. The third-order valence-corrected chi connectivity index (χ3v) is 4.83. The molecule has 0 radical (unpaired) electrons. The number of halogens is 1. The lowest BCUT2D eigenvalue weighted by Gasteiger charge is -2.09. The summed E-state index contributed by atoms with van der Waals surface area (Å²) in [6.07, 6.45) is 0.106. The molecule has 0 bridgehead atoms. The lowest BCUT2D eigenvalue weighted by Crippen LogP contribution is -2.12. The van der Waals surface area contributed by atoms with Gasteiger partial charge in [0, 0.05) is 20.1 Å². The Morgan fingerprint density at radius 2 is 1.80 bits per heavy atom. The lowest BCUT2D eigenvalue weighted by molar-refractivity contribution is 0.102. The summed E-state index contributed by atoms with van der Waals surface area (Å²) in [7, 11) is 0. The number of amides is 1. The molecule has 1 N–H and O–H groups in total. The molecular formula is C19H17IN2O2S. The van der Waals surface area contributed by atoms with Crippen LogP contribution in [0.1, 0.15) is 24.2 Å². The van der Waals surface area contributed by atoms with Crippen LogP contribution in [0.3, 0.4) is 0 Å². The van der Waals surface area contributed by atoms with Crippen molar-refractivity contribution in [2.75, 3.05) is 5.32 Å². The first-order valence-corrected chi connectivity index (χ1v) is 9.76. The van der Waals surface area contributed by atoms with Gasteiger partial charge in [0.2, 0.25) is 0 Å². The molecule has 25 heavy (non-hydrogen) atoms. The quantitative estimate of drug-likeness (QED) is 0.511. The minimum absolute atomic E-state index is 0.106. The number of anilines is 1. The molecule has 1 aromatic heterocycles. The van der Waals surface area contributed by atoms with E-state index in [0.29, 0.717) is 10.7 Å². The van der Waals surface area contributed by atoms with Crippen LogP contribution in [0.5, 0.6) is 5.75 Å². The minimum atomic E-state index is -0.181. The second-order valence-corrected chi connectivity index (χ2v) is 7.79. The summed E-state index contributed by atoms with van der Waals surface area (Å²) in [5.41, 5.74) is 2.46. The Hall–Kier alpha value is -1.93. The Labute approximate surface area is 164 Å². The molecule has 0 spiro atoms. The number of thiazole rings is 1. The van der Waals surface area contributed by atoms with Crippen LogP contribution < -0.4 is 10.1 Å². The molecule has 1 heterocycles. The van der Waals surface area contributed by atoms with Gasteiger partial charge < -0.3 is 4.74 Å². The number of hydrogen-bond acceptors (Lipinski definition) is 4. The SMILES string of the molecule is CC(C)Oc1ccc(C(=O)Nc2nc(-c3ccc(I)cc3)cs2)cc1. The fraction of sp³-hybridized carbons (Fsp3) is 0.158. The highest BCUT2D eigenvalue weighted by atomic mass is 127. The second kappa shape index (κ2) is 7.97. The molecule has 4 nitrogen and oxygen atoms in total. The highest BCUT2D eigenvalue weighted by molar-refractivity contribution is 14.1. The molecule has 128 valence electrons. The Bertz CT molecular complexity index is 858. The number of benzene rings is 2. The first-order chi connectivity index (χ1) is 12.0. The molecule has 0 fully saturated rings. The summed E-state index contributed by atoms with van der Waals surface area (Å²) in [6.45, 7) is 3.93. The summed E-state index contributed by atoms with van der Waals surface area (Å²) in [5.74, 6) is 0.571. The maximum absolute atomic E-state index is 12.4. The van der Waals surface area contributed by atoms with Gasteiger partial charge in [0.15, 0.2) is 5.13 Å². The van der Waals surface area contributed by atoms with Crippen molar-refractivity contribution in [3.05, 3.63) is 63.0 Å². The summed E-state index contributed by atoms with van der Waals surface area (Å²) in [6, 6.07) is 15.2. The van der Waals surface area contributed by atoms with Gasteiger partial charge in [-0.3, -0.25) is 10.1 Å². The monoisotopic (exact) mass is 464 g/mol. The van der Waals surface area contributed by atoms with Crippen molar-refractivity contribution in [3.8, 4) is 17.0 Å². The largest absolute Gasteiger partial charge is 0.491 e. The van der Waals surface area contributed by atoms with Crippen LogP contribution in [0, 0.1) is 3.57 Å². The number of carbonyl (C=O) groups excluding carboxylic acids is 1. The van der Waals surface area contributed by atoms with Crippen molar-refractivity contribution >= 4 is 45.0 Å². The van der Waals surface area contributed by atoms with Gasteiger partial charge in [-0.2, -0.15) is 0 Å². The number of nitrogens with zero attached hydrogens (tertiary/aromatic N) is 1. The van der Waals surface area contributed by atoms with E-state index < -0.39 is 0 Å². The molecule has 0 unspecified atom stereocenters. The molecule has 0 saturated carbocycles. The Kier molecular flexibility index (Phi) is 5.70. The van der Waals surface area contributed by atoms with Gasteiger partial charge in [-0.25, -0.2) is 4.98 Å². The molecule has 3 aromatic rings. The van der Waals surface area contributed by atoms with Crippen LogP contribution >= 0.6 is 33.9 Å². The van der Waals surface area contributed by atoms with Gasteiger partial charge >= 0.3 is 0 Å². The van der Waals surface area contributed by atoms with Crippen molar-refractivity contribution in [1.29, 1.82) is 0 Å². The van der Waals surface area contributed by atoms with E-state index in [0.717, 1.165) is 17.0 Å². The van der Waals surface area contributed by atoms with E-state index >= 15 is 0 Å². The van der Waals surface area contributed by atoms with Crippen molar-refractivity contribution in [2.45, 2.75) is 20.0 Å². The van der Waals surface area contributed by atoms with Crippen molar-refractivity contribution in [3.63, 3.8) is 0 Å². The average Bonchev–Trinajstić information content (AvgIpc) is 3.04. The lowest BCUT2D eigenvalue weighted by atomic mass is 10.2. The van der Waals surface area contributed by atoms with Crippen LogP contribution in [0.15, 0.2) is 53.9 Å². The molecule has 6 heteroatoms. The van der Waals surface area contributed by atoms with Gasteiger partial charge in [-0.1, -0.05) is 12.1 Å². The number of carbonyl (C=O) groups is 1. The first kappa shape index (κ1) is 17.9. The van der Waals surface area contributed by atoms with E-state index in [-0.39, 0.29) is 12.0 Å². The van der Waals surface area contributed by atoms with E-state index in [9.17, 15) is 4.79 Å². The van der Waals surface area contributed by atoms with E-state index in [2.05, 4.69) is 32.9 Å². The Morgan fingerprint density at radius 1 is 1.12 bits per heavy atom. The fourth-order valence-corrected chi connectivity index (χ4v) is 3.29. The van der Waals surface area contributed by atoms with Gasteiger partial charge in [-0.15, -0.1) is 11.3 Å². The van der Waals surface area contributed by atoms with Crippen LogP contribution in [0.4, 0.5) is 5.13 Å². The van der Waals surface area contributed by atoms with Crippen LogP contribution in [-0.4, -0.2) is 17.0 Å². The van der Waals surface area contributed by atoms with E-state index in [4.69, 9.17) is 4.74 Å². The van der Waals surface area contributed by atoms with Crippen molar-refractivity contribution in [1.82, 2.24) is 4.98 Å². The molecule has 0 aliphatic rings. The molecule has 0 atom stereocenters. The average molecular weight is 464 g/mol. The fourth-order valence-electron chi connectivity index (χ4n) is 2.21.